The summed E-state index contributed by atoms with van der Waals surface area (Å²) in [5.74, 6) is -0.987. The van der Waals surface area contributed by atoms with Crippen molar-refractivity contribution in [2.75, 3.05) is 6.54 Å². The minimum Gasteiger partial charge on any atom is -0.477 e. The van der Waals surface area contributed by atoms with Crippen molar-refractivity contribution in [3.8, 4) is 0 Å². The molecule has 0 atom stereocenters. The third-order valence-electron chi connectivity index (χ3n) is 2.22. The number of rotatable bonds is 1. The third kappa shape index (κ3) is 1.65. The molecule has 0 saturated heterocycles. The van der Waals surface area contributed by atoms with Gasteiger partial charge in [0, 0.05) is 11.0 Å². The number of nitrogens with zero attached hydrogens (tertiary/aromatic N) is 1. The molecule has 1 aromatic rings. The van der Waals surface area contributed by atoms with Gasteiger partial charge < -0.3 is 10.4 Å². The van der Waals surface area contributed by atoms with Crippen LogP contribution in [0, 0.1) is 0 Å². The molecule has 0 aliphatic carbocycles. The highest BCUT2D eigenvalue weighted by molar-refractivity contribution is 9.10. The Morgan fingerprint density at radius 2 is 2.43 bits per heavy atom. The molecule has 1 aromatic heterocycles. The second kappa shape index (κ2) is 3.67. The van der Waals surface area contributed by atoms with Crippen LogP contribution in [0.2, 0.25) is 0 Å². The van der Waals surface area contributed by atoms with E-state index in [0.717, 1.165) is 28.7 Å². The summed E-state index contributed by atoms with van der Waals surface area (Å²) in [6.07, 6.45) is 0.892. The number of carboxylic acids is 1. The highest BCUT2D eigenvalue weighted by atomic mass is 79.9. The zero-order chi connectivity index (χ0) is 10.1. The van der Waals surface area contributed by atoms with Gasteiger partial charge in [-0.3, -0.25) is 0 Å². The maximum absolute atomic E-state index is 10.7. The minimum absolute atomic E-state index is 0.0966. The zero-order valence-electron chi connectivity index (χ0n) is 7.38. The molecule has 0 amide bonds. The van der Waals surface area contributed by atoms with E-state index in [1.807, 2.05) is 0 Å². The van der Waals surface area contributed by atoms with Crippen LogP contribution in [0.1, 0.15) is 21.7 Å². The molecular formula is C9H9BrN2O2. The summed E-state index contributed by atoms with van der Waals surface area (Å²) in [5.41, 5.74) is 2.05. The van der Waals surface area contributed by atoms with Gasteiger partial charge in [-0.15, -0.1) is 0 Å². The number of hydrogen-bond acceptors (Lipinski definition) is 3. The van der Waals surface area contributed by atoms with Gasteiger partial charge in [0.1, 0.15) is 5.69 Å². The van der Waals surface area contributed by atoms with Crippen molar-refractivity contribution in [2.45, 2.75) is 13.0 Å². The molecule has 74 valence electrons. The minimum atomic E-state index is -0.987. The first kappa shape index (κ1) is 9.61. The topological polar surface area (TPSA) is 62.2 Å². The predicted octanol–water partition coefficient (Wildman–Crippen LogP) is 1.19. The molecule has 14 heavy (non-hydrogen) atoms. The number of aromatic nitrogens is 1. The predicted molar refractivity (Wildman–Crippen MR) is 54.3 cm³/mol. The summed E-state index contributed by atoms with van der Waals surface area (Å²) < 4.78 is 0.849. The molecule has 1 aliphatic rings. The van der Waals surface area contributed by atoms with E-state index >= 15 is 0 Å². The van der Waals surface area contributed by atoms with Gasteiger partial charge in [0.2, 0.25) is 0 Å². The first-order valence-electron chi connectivity index (χ1n) is 4.31. The van der Waals surface area contributed by atoms with Crippen LogP contribution >= 0.6 is 15.9 Å². The first-order valence-corrected chi connectivity index (χ1v) is 5.10. The molecule has 0 aromatic carbocycles. The van der Waals surface area contributed by atoms with Gasteiger partial charge in [0.15, 0.2) is 0 Å². The summed E-state index contributed by atoms with van der Waals surface area (Å²) >= 11 is 3.37. The fourth-order valence-electron chi connectivity index (χ4n) is 1.53. The van der Waals surface area contributed by atoms with Crippen LogP contribution in [0.5, 0.6) is 0 Å². The average Bonchev–Trinajstić information content (AvgIpc) is 2.17. The molecule has 0 saturated carbocycles. The molecule has 5 heteroatoms. The van der Waals surface area contributed by atoms with E-state index < -0.39 is 5.97 Å². The molecule has 0 radical (unpaired) electrons. The summed E-state index contributed by atoms with van der Waals surface area (Å²) in [4.78, 5) is 14.8. The van der Waals surface area contributed by atoms with E-state index in [9.17, 15) is 4.79 Å². The Balaban J connectivity index is 2.51. The number of hydrogen-bond donors (Lipinski definition) is 2. The highest BCUT2D eigenvalue weighted by Crippen LogP contribution is 2.23. The van der Waals surface area contributed by atoms with E-state index in [4.69, 9.17) is 5.11 Å². The van der Waals surface area contributed by atoms with Crippen molar-refractivity contribution < 1.29 is 9.90 Å². The van der Waals surface area contributed by atoms with E-state index in [1.54, 1.807) is 6.07 Å². The standard InChI is InChI=1S/C9H9BrN2O2/c10-6-3-7(9(13)14)12-8-4-11-2-1-5(6)8/h3,11H,1-2,4H2,(H,13,14). The molecule has 0 spiro atoms. The Bertz CT molecular complexity index is 393. The van der Waals surface area contributed by atoms with Gasteiger partial charge in [-0.25, -0.2) is 9.78 Å². The number of halogens is 1. The maximum Gasteiger partial charge on any atom is 0.354 e. The number of fused-ring (bicyclic) bond motifs is 1. The third-order valence-corrected chi connectivity index (χ3v) is 2.93. The van der Waals surface area contributed by atoms with Crippen LogP contribution in [-0.2, 0) is 13.0 Å². The van der Waals surface area contributed by atoms with Crippen molar-refractivity contribution in [3.63, 3.8) is 0 Å². The molecule has 0 fully saturated rings. The molecule has 0 bridgehead atoms. The van der Waals surface area contributed by atoms with Crippen LogP contribution in [0.3, 0.4) is 0 Å². The lowest BCUT2D eigenvalue weighted by molar-refractivity contribution is 0.0690. The van der Waals surface area contributed by atoms with Crippen molar-refractivity contribution in [2.24, 2.45) is 0 Å². The van der Waals surface area contributed by atoms with Gasteiger partial charge in [0.05, 0.1) is 5.69 Å². The van der Waals surface area contributed by atoms with Crippen LogP contribution < -0.4 is 5.32 Å². The lowest BCUT2D eigenvalue weighted by Gasteiger charge is -2.17. The van der Waals surface area contributed by atoms with Crippen molar-refractivity contribution >= 4 is 21.9 Å². The van der Waals surface area contributed by atoms with E-state index in [0.29, 0.717) is 6.54 Å². The van der Waals surface area contributed by atoms with Crippen molar-refractivity contribution in [1.29, 1.82) is 0 Å². The number of carbonyl (C=O) groups is 1. The van der Waals surface area contributed by atoms with Crippen LogP contribution in [-0.4, -0.2) is 22.6 Å². The molecule has 2 rings (SSSR count). The lowest BCUT2D eigenvalue weighted by atomic mass is 10.1. The number of pyridine rings is 1. The molecule has 2 heterocycles. The molecule has 0 unspecified atom stereocenters. The first-order chi connectivity index (χ1) is 6.68. The van der Waals surface area contributed by atoms with Crippen molar-refractivity contribution in [3.05, 3.63) is 27.5 Å². The molecule has 2 N–H and O–H groups in total. The van der Waals surface area contributed by atoms with Crippen LogP contribution in [0.4, 0.5) is 0 Å². The van der Waals surface area contributed by atoms with Crippen LogP contribution in [0.15, 0.2) is 10.5 Å². The van der Waals surface area contributed by atoms with Gasteiger partial charge >= 0.3 is 5.97 Å². The SMILES string of the molecule is O=C(O)c1cc(Br)c2c(n1)CNCC2. The summed E-state index contributed by atoms with van der Waals surface area (Å²) in [6.45, 7) is 1.56. The Labute approximate surface area is 89.5 Å². The fraction of sp³-hybridized carbons (Fsp3) is 0.333. The van der Waals surface area contributed by atoms with Gasteiger partial charge in [0.25, 0.3) is 0 Å². The zero-order valence-corrected chi connectivity index (χ0v) is 8.97. The monoisotopic (exact) mass is 256 g/mol. The number of carboxylic acid groups (broad SMARTS) is 1. The normalized spacial score (nSPS) is 14.9. The maximum atomic E-state index is 10.7. The second-order valence-corrected chi connectivity index (χ2v) is 4.00. The van der Waals surface area contributed by atoms with Gasteiger partial charge in [-0.05, 0) is 24.6 Å². The summed E-state index contributed by atoms with van der Waals surface area (Å²) in [5, 5.41) is 12.0. The number of nitrogens with one attached hydrogen (secondary N) is 1. The van der Waals surface area contributed by atoms with Gasteiger partial charge in [-0.1, -0.05) is 15.9 Å². The van der Waals surface area contributed by atoms with Gasteiger partial charge in [-0.2, -0.15) is 0 Å². The largest absolute Gasteiger partial charge is 0.477 e. The lowest BCUT2D eigenvalue weighted by Crippen LogP contribution is -2.25. The van der Waals surface area contributed by atoms with E-state index in [2.05, 4.69) is 26.2 Å². The van der Waals surface area contributed by atoms with Crippen LogP contribution in [0.25, 0.3) is 0 Å². The molecule has 1 aliphatic heterocycles. The Hall–Kier alpha value is -0.940. The quantitative estimate of drug-likeness (QED) is 0.793. The fourth-order valence-corrected chi connectivity index (χ4v) is 2.17. The summed E-state index contributed by atoms with van der Waals surface area (Å²) in [7, 11) is 0. The Morgan fingerprint density at radius 1 is 1.64 bits per heavy atom. The number of aromatic carboxylic acids is 1. The van der Waals surface area contributed by atoms with E-state index in [-0.39, 0.29) is 5.69 Å². The average molecular weight is 257 g/mol. The smallest absolute Gasteiger partial charge is 0.354 e. The molecule has 4 nitrogen and oxygen atoms in total. The van der Waals surface area contributed by atoms with Crippen molar-refractivity contribution in [1.82, 2.24) is 10.3 Å². The second-order valence-electron chi connectivity index (χ2n) is 3.15. The Morgan fingerprint density at radius 3 is 3.14 bits per heavy atom. The highest BCUT2D eigenvalue weighted by Gasteiger charge is 2.16. The van der Waals surface area contributed by atoms with E-state index in [1.165, 1.54) is 0 Å². The Kier molecular flexibility index (Phi) is 2.52. The summed E-state index contributed by atoms with van der Waals surface area (Å²) in [6, 6.07) is 1.56. The molecular weight excluding hydrogens is 248 g/mol.